The minimum atomic E-state index is -0.178. The predicted molar refractivity (Wildman–Crippen MR) is 105 cm³/mol. The Balaban J connectivity index is 1.45. The second kappa shape index (κ2) is 6.17. The van der Waals surface area contributed by atoms with Crippen LogP contribution in [0.4, 0.5) is 5.82 Å². The van der Waals surface area contributed by atoms with Gasteiger partial charge in [0, 0.05) is 30.1 Å². The van der Waals surface area contributed by atoms with Gasteiger partial charge in [0.1, 0.15) is 17.7 Å². The number of benzene rings is 1. The molecule has 0 bridgehead atoms. The quantitative estimate of drug-likeness (QED) is 0.501. The molecule has 1 aliphatic heterocycles. The minimum absolute atomic E-state index is 0.178. The number of hydrogen-bond acceptors (Lipinski definition) is 6. The summed E-state index contributed by atoms with van der Waals surface area (Å²) < 4.78 is 0. The smallest absolute Gasteiger partial charge is 0.182 e. The zero-order valence-corrected chi connectivity index (χ0v) is 15.4. The third-order valence-electron chi connectivity index (χ3n) is 5.56. The van der Waals surface area contributed by atoms with Crippen molar-refractivity contribution in [1.29, 1.82) is 0 Å². The number of anilines is 1. The second-order valence-corrected chi connectivity index (χ2v) is 7.45. The first-order valence-electron chi connectivity index (χ1n) is 8.93. The summed E-state index contributed by atoms with van der Waals surface area (Å²) in [5.74, 6) is 1.83. The van der Waals surface area contributed by atoms with Crippen LogP contribution in [0.5, 0.6) is 0 Å². The number of aromatic nitrogens is 6. The minimum Gasteiger partial charge on any atom is -0.355 e. The summed E-state index contributed by atoms with van der Waals surface area (Å²) in [6.45, 7) is 2.21. The molecule has 27 heavy (non-hydrogen) atoms. The van der Waals surface area contributed by atoms with Gasteiger partial charge in [0.2, 0.25) is 0 Å². The Bertz CT molecular complexity index is 1110. The number of halogens is 1. The second-order valence-electron chi connectivity index (χ2n) is 7.02. The molecule has 1 saturated heterocycles. The van der Waals surface area contributed by atoms with Crippen LogP contribution in [0.15, 0.2) is 30.9 Å². The van der Waals surface area contributed by atoms with E-state index in [1.807, 2.05) is 18.2 Å². The average molecular weight is 383 g/mol. The van der Waals surface area contributed by atoms with E-state index in [2.05, 4.69) is 29.8 Å². The van der Waals surface area contributed by atoms with E-state index >= 15 is 0 Å². The van der Waals surface area contributed by atoms with Crippen LogP contribution in [-0.4, -0.2) is 49.5 Å². The lowest BCUT2D eigenvalue weighted by atomic mass is 9.77. The van der Waals surface area contributed by atoms with Gasteiger partial charge in [0.25, 0.3) is 0 Å². The summed E-state index contributed by atoms with van der Waals surface area (Å²) in [7, 11) is 0. The molecule has 0 spiro atoms. The number of aromatic amines is 2. The zero-order chi connectivity index (χ0) is 18.4. The lowest BCUT2D eigenvalue weighted by Gasteiger charge is -2.40. The molecule has 0 unspecified atom stereocenters. The van der Waals surface area contributed by atoms with Crippen molar-refractivity contribution < 1.29 is 0 Å². The molecule has 0 atom stereocenters. The Kier molecular flexibility index (Phi) is 3.76. The summed E-state index contributed by atoms with van der Waals surface area (Å²) in [6.07, 6.45) is 4.98. The summed E-state index contributed by atoms with van der Waals surface area (Å²) in [5, 5.41) is 0.696. The number of piperidine rings is 1. The first-order chi connectivity index (χ1) is 13.2. The highest BCUT2D eigenvalue weighted by atomic mass is 35.5. The van der Waals surface area contributed by atoms with E-state index in [-0.39, 0.29) is 5.41 Å². The van der Waals surface area contributed by atoms with Crippen LogP contribution in [-0.2, 0) is 5.41 Å². The molecular weight excluding hydrogens is 364 g/mol. The number of nitrogens with zero attached hydrogens (tertiary/aromatic N) is 5. The van der Waals surface area contributed by atoms with Crippen molar-refractivity contribution in [2.45, 2.75) is 18.3 Å². The van der Waals surface area contributed by atoms with Gasteiger partial charge >= 0.3 is 0 Å². The topological polar surface area (TPSA) is 112 Å². The molecular formula is C18H19ClN8. The lowest BCUT2D eigenvalue weighted by molar-refractivity contribution is 0.324. The SMILES string of the molecule is NCC1(c2nc3ccc(Cl)cc3[nH]2)CCN(c2ncnc3nc[nH]c23)CC1. The van der Waals surface area contributed by atoms with E-state index < -0.39 is 0 Å². The molecule has 1 fully saturated rings. The van der Waals surface area contributed by atoms with Gasteiger partial charge in [-0.2, -0.15) is 0 Å². The number of imidazole rings is 2. The molecule has 0 aliphatic carbocycles. The zero-order valence-electron chi connectivity index (χ0n) is 14.6. The van der Waals surface area contributed by atoms with Crippen molar-refractivity contribution in [3.05, 3.63) is 41.7 Å². The highest BCUT2D eigenvalue weighted by molar-refractivity contribution is 6.31. The molecule has 8 nitrogen and oxygen atoms in total. The van der Waals surface area contributed by atoms with Gasteiger partial charge in [0.15, 0.2) is 11.5 Å². The molecule has 4 aromatic rings. The van der Waals surface area contributed by atoms with Gasteiger partial charge in [0.05, 0.1) is 17.4 Å². The molecule has 1 aromatic carbocycles. The number of H-pyrrole nitrogens is 2. The maximum absolute atomic E-state index is 6.23. The van der Waals surface area contributed by atoms with Gasteiger partial charge in [-0.05, 0) is 31.0 Å². The normalized spacial score (nSPS) is 17.0. The van der Waals surface area contributed by atoms with Crippen molar-refractivity contribution in [1.82, 2.24) is 29.9 Å². The van der Waals surface area contributed by atoms with Crippen molar-refractivity contribution >= 4 is 39.6 Å². The van der Waals surface area contributed by atoms with Gasteiger partial charge in [-0.3, -0.25) is 0 Å². The molecule has 0 radical (unpaired) electrons. The Hall–Kier alpha value is -2.71. The summed E-state index contributed by atoms with van der Waals surface area (Å²) in [5.41, 5.74) is 9.48. The molecule has 3 aromatic heterocycles. The van der Waals surface area contributed by atoms with Crippen molar-refractivity contribution in [3.8, 4) is 0 Å². The van der Waals surface area contributed by atoms with Crippen LogP contribution in [0.3, 0.4) is 0 Å². The molecule has 0 amide bonds. The molecule has 5 rings (SSSR count). The average Bonchev–Trinajstić information content (AvgIpc) is 3.34. The van der Waals surface area contributed by atoms with Crippen LogP contribution in [0.25, 0.3) is 22.2 Å². The van der Waals surface area contributed by atoms with Crippen molar-refractivity contribution in [3.63, 3.8) is 0 Å². The molecule has 4 heterocycles. The summed E-state index contributed by atoms with van der Waals surface area (Å²) in [4.78, 5) is 26.5. The van der Waals surface area contributed by atoms with Crippen LogP contribution >= 0.6 is 11.6 Å². The Morgan fingerprint density at radius 1 is 1.19 bits per heavy atom. The predicted octanol–water partition coefficient (Wildman–Crippen LogP) is 2.38. The third kappa shape index (κ3) is 2.64. The van der Waals surface area contributed by atoms with Crippen LogP contribution in [0.1, 0.15) is 18.7 Å². The lowest BCUT2D eigenvalue weighted by Crippen LogP contribution is -2.47. The Labute approximate surface area is 160 Å². The molecule has 9 heteroatoms. The molecule has 1 aliphatic rings. The number of hydrogen-bond donors (Lipinski definition) is 3. The van der Waals surface area contributed by atoms with Crippen molar-refractivity contribution in [2.75, 3.05) is 24.5 Å². The third-order valence-corrected chi connectivity index (χ3v) is 5.80. The number of nitrogens with two attached hydrogens (primary N) is 1. The molecule has 0 saturated carbocycles. The molecule has 138 valence electrons. The van der Waals surface area contributed by atoms with Gasteiger partial charge in [-0.25, -0.2) is 19.9 Å². The maximum Gasteiger partial charge on any atom is 0.182 e. The van der Waals surface area contributed by atoms with Gasteiger partial charge in [-0.1, -0.05) is 11.6 Å². The summed E-state index contributed by atoms with van der Waals surface area (Å²) >= 11 is 6.11. The van der Waals surface area contributed by atoms with E-state index in [0.717, 1.165) is 54.1 Å². The van der Waals surface area contributed by atoms with E-state index in [4.69, 9.17) is 22.3 Å². The fourth-order valence-electron chi connectivity index (χ4n) is 3.91. The summed E-state index contributed by atoms with van der Waals surface area (Å²) in [6, 6.07) is 5.70. The van der Waals surface area contributed by atoms with Crippen LogP contribution < -0.4 is 10.6 Å². The highest BCUT2D eigenvalue weighted by Crippen LogP contribution is 2.36. The fraction of sp³-hybridized carbons (Fsp3) is 0.333. The van der Waals surface area contributed by atoms with E-state index in [1.165, 1.54) is 0 Å². The van der Waals surface area contributed by atoms with Crippen molar-refractivity contribution in [2.24, 2.45) is 5.73 Å². The van der Waals surface area contributed by atoms with Gasteiger partial charge in [-0.15, -0.1) is 0 Å². The first kappa shape index (κ1) is 16.5. The maximum atomic E-state index is 6.23. The first-order valence-corrected chi connectivity index (χ1v) is 9.31. The van der Waals surface area contributed by atoms with E-state index in [0.29, 0.717) is 17.2 Å². The number of rotatable bonds is 3. The standard InChI is InChI=1S/C18H19ClN8/c19-11-1-2-12-13(7-11)26-17(25-12)18(8-20)3-5-27(6-4-18)16-14-15(22-9-21-14)23-10-24-16/h1-2,7,9-10H,3-6,8,20H2,(H,25,26)(H,21,22,23,24). The Morgan fingerprint density at radius 2 is 2.04 bits per heavy atom. The van der Waals surface area contributed by atoms with Crippen LogP contribution in [0, 0.1) is 0 Å². The highest BCUT2D eigenvalue weighted by Gasteiger charge is 2.38. The monoisotopic (exact) mass is 382 g/mol. The van der Waals surface area contributed by atoms with Gasteiger partial charge < -0.3 is 20.6 Å². The van der Waals surface area contributed by atoms with E-state index in [1.54, 1.807) is 12.7 Å². The number of fused-ring (bicyclic) bond motifs is 2. The Morgan fingerprint density at radius 3 is 2.85 bits per heavy atom. The van der Waals surface area contributed by atoms with Crippen LogP contribution in [0.2, 0.25) is 5.02 Å². The number of nitrogens with one attached hydrogen (secondary N) is 2. The largest absolute Gasteiger partial charge is 0.355 e. The fourth-order valence-corrected chi connectivity index (χ4v) is 4.08. The van der Waals surface area contributed by atoms with E-state index in [9.17, 15) is 0 Å². The molecule has 4 N–H and O–H groups in total.